The van der Waals surface area contributed by atoms with E-state index in [9.17, 15) is 19.2 Å². The molecule has 2 bridgehead atoms. The Hall–Kier alpha value is -4.76. The minimum atomic E-state index is -0.602. The summed E-state index contributed by atoms with van der Waals surface area (Å²) in [7, 11) is 0. The van der Waals surface area contributed by atoms with Crippen molar-refractivity contribution in [3.63, 3.8) is 0 Å². The highest BCUT2D eigenvalue weighted by Gasteiger charge is 2.44. The molecule has 2 aliphatic carbocycles. The fourth-order valence-corrected chi connectivity index (χ4v) is 12.9. The van der Waals surface area contributed by atoms with E-state index in [1.54, 1.807) is 16.0 Å². The number of amides is 5. The fourth-order valence-electron chi connectivity index (χ4n) is 12.9. The monoisotopic (exact) mass is 920 g/mol. The van der Waals surface area contributed by atoms with Crippen molar-refractivity contribution in [3.8, 4) is 0 Å². The van der Waals surface area contributed by atoms with Gasteiger partial charge in [-0.15, -0.1) is 0 Å². The lowest BCUT2D eigenvalue weighted by molar-refractivity contribution is -0.144. The first kappa shape index (κ1) is 46.0. The predicted molar refractivity (Wildman–Crippen MR) is 257 cm³/mol. The standard InChI is InChI=1S/C52H73N9O6/c1-32(2)39(29-45(62)58-19-23-66-24-20-58)50(63)60-15-5-7-42(60)40-28-37(30-53-40)38-11-12-43(47-36-10-9-35(27-36)46(38)47)57-17-13-34(14-18-57)41-31-54-49(55-41)44-8-6-16-61(44)51(64)48(33(3)4)56-52(65)59-21-25-67-26-22-59/h11-12,30-36,39,42,44,48H,5-10,13-29H2,1-4H3,(H,54,55)(H,56,65)/t35?,36?,39-,42+,44+,48-/m1/s1. The number of urea groups is 1. The van der Waals surface area contributed by atoms with Gasteiger partial charge in [0, 0.05) is 107 Å². The van der Waals surface area contributed by atoms with Crippen LogP contribution in [0, 0.1) is 17.8 Å². The number of allylic oxidation sites excluding steroid dienone is 1. The summed E-state index contributed by atoms with van der Waals surface area (Å²) in [5.41, 5.74) is 9.41. The minimum absolute atomic E-state index is 0.0196. The van der Waals surface area contributed by atoms with Crippen LogP contribution >= 0.6 is 0 Å². The Morgan fingerprint density at radius 2 is 1.39 bits per heavy atom. The number of piperidine rings is 1. The number of nitrogens with zero attached hydrogens (tertiary/aromatic N) is 7. The van der Waals surface area contributed by atoms with E-state index in [0.29, 0.717) is 76.9 Å². The molecule has 2 N–H and O–H groups in total. The first-order chi connectivity index (χ1) is 32.5. The number of morpholine rings is 2. The number of carbonyl (C=O) groups is 4. The van der Waals surface area contributed by atoms with E-state index in [-0.39, 0.29) is 60.0 Å². The van der Waals surface area contributed by atoms with Gasteiger partial charge in [0.2, 0.25) is 17.7 Å². The quantitative estimate of drug-likeness (QED) is 0.242. The van der Waals surface area contributed by atoms with E-state index in [1.807, 2.05) is 29.8 Å². The molecule has 5 amide bonds. The van der Waals surface area contributed by atoms with Crippen molar-refractivity contribution >= 4 is 40.7 Å². The average Bonchev–Trinajstić information content (AvgIpc) is 4.22. The molecule has 7 heterocycles. The van der Waals surface area contributed by atoms with E-state index in [4.69, 9.17) is 19.5 Å². The Balaban J connectivity index is 0.776. The van der Waals surface area contributed by atoms with Gasteiger partial charge in [0.05, 0.1) is 38.5 Å². The molecule has 6 fully saturated rings. The number of hydrogen-bond acceptors (Lipinski definition) is 9. The number of ether oxygens (including phenoxy) is 2. The number of likely N-dealkylation sites (tertiary alicyclic amines) is 2. The van der Waals surface area contributed by atoms with E-state index < -0.39 is 6.04 Å². The number of hydrogen-bond donors (Lipinski definition) is 2. The zero-order valence-electron chi connectivity index (χ0n) is 40.3. The molecule has 6 atom stereocenters. The van der Waals surface area contributed by atoms with E-state index in [1.165, 1.54) is 36.1 Å². The SMILES string of the molecule is CC(C)[C@@H](CC(=O)N1CCOCC1)C(=O)N1CCC[C@H]1C1=NC=C(c2ccc(N3CCC(c4cnc([C@@H]5CCCN5C(=O)[C@H](NC(=O)N5CCOCC5)C(C)C)[nH]4)CC3)c3c2C2CCC3C2)C1. The predicted octanol–water partition coefficient (Wildman–Crippen LogP) is 6.59. The van der Waals surface area contributed by atoms with Gasteiger partial charge in [-0.3, -0.25) is 19.4 Å². The summed E-state index contributed by atoms with van der Waals surface area (Å²) in [5.74, 6) is 2.20. The number of imidazole rings is 1. The van der Waals surface area contributed by atoms with Gasteiger partial charge < -0.3 is 44.3 Å². The van der Waals surface area contributed by atoms with Crippen LogP contribution < -0.4 is 10.2 Å². The number of aromatic amines is 1. The Bertz CT molecular complexity index is 2230. The first-order valence-electron chi connectivity index (χ1n) is 25.9. The first-order valence-corrected chi connectivity index (χ1v) is 25.9. The van der Waals surface area contributed by atoms with Crippen molar-refractivity contribution in [3.05, 3.63) is 52.7 Å². The maximum atomic E-state index is 14.3. The number of aliphatic imine (C=N–C) groups is 1. The third kappa shape index (κ3) is 9.15. The molecule has 362 valence electrons. The minimum Gasteiger partial charge on any atom is -0.378 e. The van der Waals surface area contributed by atoms with Crippen LogP contribution in [0.4, 0.5) is 10.5 Å². The topological polar surface area (TPSA) is 156 Å². The van der Waals surface area contributed by atoms with E-state index in [2.05, 4.69) is 52.3 Å². The van der Waals surface area contributed by atoms with Crippen molar-refractivity contribution in [2.75, 3.05) is 83.7 Å². The van der Waals surface area contributed by atoms with Crippen molar-refractivity contribution in [1.29, 1.82) is 0 Å². The zero-order chi connectivity index (χ0) is 46.3. The van der Waals surface area contributed by atoms with Crippen LogP contribution in [0.1, 0.15) is 150 Å². The maximum Gasteiger partial charge on any atom is 0.318 e. The Kier molecular flexibility index (Phi) is 13.5. The van der Waals surface area contributed by atoms with Gasteiger partial charge in [-0.2, -0.15) is 0 Å². The number of fused-ring (bicyclic) bond motifs is 5. The molecule has 15 heteroatoms. The van der Waals surface area contributed by atoms with Crippen LogP contribution in [0.5, 0.6) is 0 Å². The summed E-state index contributed by atoms with van der Waals surface area (Å²) in [6.45, 7) is 15.9. The van der Waals surface area contributed by atoms with Gasteiger partial charge in [-0.25, -0.2) is 9.78 Å². The van der Waals surface area contributed by atoms with Gasteiger partial charge in [0.15, 0.2) is 0 Å². The highest BCUT2D eigenvalue weighted by Crippen LogP contribution is 2.58. The fraction of sp³-hybridized carbons (Fsp3) is 0.692. The molecule has 67 heavy (non-hydrogen) atoms. The Morgan fingerprint density at radius 3 is 2.07 bits per heavy atom. The van der Waals surface area contributed by atoms with Crippen molar-refractivity contribution in [2.45, 2.75) is 134 Å². The third-order valence-electron chi connectivity index (χ3n) is 16.7. The number of aromatic nitrogens is 2. The molecule has 1 saturated carbocycles. The molecule has 2 aromatic rings. The molecule has 6 aliphatic heterocycles. The number of rotatable bonds is 12. The Labute approximate surface area is 396 Å². The third-order valence-corrected chi connectivity index (χ3v) is 16.7. The molecule has 5 saturated heterocycles. The van der Waals surface area contributed by atoms with Crippen LogP contribution in [-0.2, 0) is 23.9 Å². The molecule has 1 aromatic heterocycles. The molecule has 0 radical (unpaired) electrons. The number of H-pyrrole nitrogens is 1. The highest BCUT2D eigenvalue weighted by atomic mass is 16.5. The van der Waals surface area contributed by atoms with Crippen LogP contribution in [-0.4, -0.2) is 150 Å². The van der Waals surface area contributed by atoms with Crippen LogP contribution in [0.3, 0.4) is 0 Å². The summed E-state index contributed by atoms with van der Waals surface area (Å²) in [6.07, 6.45) is 14.5. The summed E-state index contributed by atoms with van der Waals surface area (Å²) in [6, 6.07) is 3.82. The largest absolute Gasteiger partial charge is 0.378 e. The van der Waals surface area contributed by atoms with E-state index in [0.717, 1.165) is 81.8 Å². The highest BCUT2D eigenvalue weighted by molar-refractivity contribution is 6.04. The second kappa shape index (κ2) is 19.7. The lowest BCUT2D eigenvalue weighted by Crippen LogP contribution is -2.55. The molecule has 0 spiro atoms. The molecular formula is C52H73N9O6. The average molecular weight is 920 g/mol. The molecule has 10 rings (SSSR count). The molecule has 15 nitrogen and oxygen atoms in total. The molecule has 1 aromatic carbocycles. The number of anilines is 1. The summed E-state index contributed by atoms with van der Waals surface area (Å²) in [5, 5.41) is 3.06. The lowest BCUT2D eigenvalue weighted by Gasteiger charge is -2.36. The molecular weight excluding hydrogens is 847 g/mol. The van der Waals surface area contributed by atoms with Crippen molar-refractivity contribution < 1.29 is 28.7 Å². The lowest BCUT2D eigenvalue weighted by atomic mass is 9.83. The number of carbonyl (C=O) groups excluding carboxylic acids is 4. The maximum absolute atomic E-state index is 14.3. The van der Waals surface area contributed by atoms with Crippen LogP contribution in [0.25, 0.3) is 5.57 Å². The zero-order valence-corrected chi connectivity index (χ0v) is 40.3. The van der Waals surface area contributed by atoms with Gasteiger partial charge in [0.25, 0.3) is 0 Å². The van der Waals surface area contributed by atoms with Crippen LogP contribution in [0.2, 0.25) is 0 Å². The van der Waals surface area contributed by atoms with Gasteiger partial charge in [-0.1, -0.05) is 33.8 Å². The van der Waals surface area contributed by atoms with Gasteiger partial charge in [0.1, 0.15) is 11.9 Å². The second-order valence-corrected chi connectivity index (χ2v) is 21.3. The van der Waals surface area contributed by atoms with Gasteiger partial charge in [-0.05, 0) is 110 Å². The molecule has 8 aliphatic rings. The number of benzene rings is 1. The normalized spacial score (nSPS) is 26.4. The molecule has 2 unspecified atom stereocenters. The summed E-state index contributed by atoms with van der Waals surface area (Å²) in [4.78, 5) is 78.7. The smallest absolute Gasteiger partial charge is 0.318 e. The van der Waals surface area contributed by atoms with Crippen molar-refractivity contribution in [1.82, 2.24) is 34.9 Å². The summed E-state index contributed by atoms with van der Waals surface area (Å²) >= 11 is 0. The van der Waals surface area contributed by atoms with Gasteiger partial charge >= 0.3 is 6.03 Å². The summed E-state index contributed by atoms with van der Waals surface area (Å²) < 4.78 is 10.9. The number of nitrogens with one attached hydrogen (secondary N) is 2. The Morgan fingerprint density at radius 1 is 0.731 bits per heavy atom. The van der Waals surface area contributed by atoms with Crippen LogP contribution in [0.15, 0.2) is 29.5 Å². The second-order valence-electron chi connectivity index (χ2n) is 21.3. The van der Waals surface area contributed by atoms with Crippen molar-refractivity contribution in [2.24, 2.45) is 22.7 Å². The van der Waals surface area contributed by atoms with E-state index >= 15 is 0 Å².